The number of nitrogens with zero attached hydrogens (tertiary/aromatic N) is 5. The van der Waals surface area contributed by atoms with Gasteiger partial charge in [-0.3, -0.25) is 4.79 Å². The molecule has 0 spiro atoms. The lowest BCUT2D eigenvalue weighted by Crippen LogP contribution is -2.49. The Kier molecular flexibility index (Phi) is 4.58. The summed E-state index contributed by atoms with van der Waals surface area (Å²) in [4.78, 5) is 16.4. The SMILES string of the molecule is Cc1ccc(-n2cc(C(=O)N3CCN(c4ccccc4F)CC3)nn2)cc1. The summed E-state index contributed by atoms with van der Waals surface area (Å²) in [6.07, 6.45) is 1.65. The third kappa shape index (κ3) is 3.53. The largest absolute Gasteiger partial charge is 0.366 e. The van der Waals surface area contributed by atoms with Gasteiger partial charge < -0.3 is 9.80 Å². The second-order valence-corrected chi connectivity index (χ2v) is 6.61. The second-order valence-electron chi connectivity index (χ2n) is 6.61. The van der Waals surface area contributed by atoms with E-state index in [1.807, 2.05) is 42.2 Å². The molecule has 1 amide bonds. The molecule has 0 atom stereocenters. The number of halogens is 1. The van der Waals surface area contributed by atoms with Crippen molar-refractivity contribution in [3.8, 4) is 5.69 Å². The summed E-state index contributed by atoms with van der Waals surface area (Å²) in [7, 11) is 0. The van der Waals surface area contributed by atoms with Gasteiger partial charge in [0.15, 0.2) is 5.69 Å². The zero-order valence-electron chi connectivity index (χ0n) is 15.0. The predicted octanol–water partition coefficient (Wildman–Crippen LogP) is 2.68. The fourth-order valence-electron chi connectivity index (χ4n) is 3.21. The maximum absolute atomic E-state index is 13.9. The van der Waals surface area contributed by atoms with Gasteiger partial charge in [0.05, 0.1) is 17.6 Å². The lowest BCUT2D eigenvalue weighted by molar-refractivity contribution is 0.0740. The van der Waals surface area contributed by atoms with Crippen molar-refractivity contribution in [2.24, 2.45) is 0 Å². The van der Waals surface area contributed by atoms with Gasteiger partial charge in [0, 0.05) is 26.2 Å². The molecule has 6 nitrogen and oxygen atoms in total. The molecule has 1 saturated heterocycles. The summed E-state index contributed by atoms with van der Waals surface area (Å²) in [5.74, 6) is -0.389. The Labute approximate surface area is 156 Å². The van der Waals surface area contributed by atoms with E-state index in [1.54, 1.807) is 27.9 Å². The second kappa shape index (κ2) is 7.19. The highest BCUT2D eigenvalue weighted by Crippen LogP contribution is 2.20. The number of anilines is 1. The van der Waals surface area contributed by atoms with Crippen molar-refractivity contribution < 1.29 is 9.18 Å². The maximum Gasteiger partial charge on any atom is 0.276 e. The number of carbonyl (C=O) groups is 1. The molecule has 0 bridgehead atoms. The van der Waals surface area contributed by atoms with Crippen LogP contribution < -0.4 is 4.90 Å². The Morgan fingerprint density at radius 2 is 1.70 bits per heavy atom. The Morgan fingerprint density at radius 1 is 1.00 bits per heavy atom. The van der Waals surface area contributed by atoms with Crippen LogP contribution in [-0.2, 0) is 0 Å². The first-order valence-corrected chi connectivity index (χ1v) is 8.90. The van der Waals surface area contributed by atoms with Gasteiger partial charge in [-0.1, -0.05) is 35.0 Å². The molecule has 0 unspecified atom stereocenters. The van der Waals surface area contributed by atoms with Gasteiger partial charge in [-0.05, 0) is 31.2 Å². The van der Waals surface area contributed by atoms with Crippen LogP contribution in [0.1, 0.15) is 16.1 Å². The van der Waals surface area contributed by atoms with Crippen LogP contribution >= 0.6 is 0 Å². The molecular weight excluding hydrogens is 345 g/mol. The van der Waals surface area contributed by atoms with E-state index in [-0.39, 0.29) is 11.7 Å². The van der Waals surface area contributed by atoms with Crippen LogP contribution in [0.2, 0.25) is 0 Å². The predicted molar refractivity (Wildman–Crippen MR) is 101 cm³/mol. The molecule has 0 saturated carbocycles. The number of carbonyl (C=O) groups excluding carboxylic acids is 1. The third-order valence-electron chi connectivity index (χ3n) is 4.77. The number of benzene rings is 2. The summed E-state index contributed by atoms with van der Waals surface area (Å²) in [5.41, 5.74) is 2.91. The van der Waals surface area contributed by atoms with Crippen molar-refractivity contribution in [2.45, 2.75) is 6.92 Å². The number of aryl methyl sites for hydroxylation is 1. The quantitative estimate of drug-likeness (QED) is 0.716. The minimum atomic E-state index is -0.238. The topological polar surface area (TPSA) is 54.3 Å². The highest BCUT2D eigenvalue weighted by molar-refractivity contribution is 5.92. The first-order valence-electron chi connectivity index (χ1n) is 8.90. The standard InChI is InChI=1S/C20H20FN5O/c1-15-6-8-16(9-7-15)26-14-18(22-23-26)20(27)25-12-10-24(11-13-25)19-5-3-2-4-17(19)21/h2-9,14H,10-13H2,1H3. The van der Waals surface area contributed by atoms with Crippen LogP contribution in [0.15, 0.2) is 54.7 Å². The Bertz CT molecular complexity index is 945. The summed E-state index contributed by atoms with van der Waals surface area (Å²) in [6, 6.07) is 14.6. The minimum absolute atomic E-state index is 0.151. The number of para-hydroxylation sites is 1. The fraction of sp³-hybridized carbons (Fsp3) is 0.250. The molecule has 7 heteroatoms. The molecule has 2 aromatic carbocycles. The first kappa shape index (κ1) is 17.2. The van der Waals surface area contributed by atoms with Crippen LogP contribution in [0, 0.1) is 12.7 Å². The Balaban J connectivity index is 1.43. The Morgan fingerprint density at radius 3 is 2.41 bits per heavy atom. The van der Waals surface area contributed by atoms with Crippen molar-refractivity contribution in [1.29, 1.82) is 0 Å². The van der Waals surface area contributed by atoms with Crippen molar-refractivity contribution in [3.63, 3.8) is 0 Å². The van der Waals surface area contributed by atoms with Crippen LogP contribution in [0.3, 0.4) is 0 Å². The van der Waals surface area contributed by atoms with E-state index in [0.29, 0.717) is 37.6 Å². The van der Waals surface area contributed by atoms with Gasteiger partial charge >= 0.3 is 0 Å². The summed E-state index contributed by atoms with van der Waals surface area (Å²) < 4.78 is 15.5. The van der Waals surface area contributed by atoms with Crippen LogP contribution in [-0.4, -0.2) is 52.0 Å². The third-order valence-corrected chi connectivity index (χ3v) is 4.77. The van der Waals surface area contributed by atoms with Gasteiger partial charge in [-0.25, -0.2) is 9.07 Å². The molecule has 4 rings (SSSR count). The summed E-state index contributed by atoms with van der Waals surface area (Å²) in [5, 5.41) is 8.09. The van der Waals surface area contributed by atoms with Crippen molar-refractivity contribution in [1.82, 2.24) is 19.9 Å². The number of aromatic nitrogens is 3. The van der Waals surface area contributed by atoms with Gasteiger partial charge in [0.25, 0.3) is 5.91 Å². The summed E-state index contributed by atoms with van der Waals surface area (Å²) in [6.45, 7) is 4.22. The van der Waals surface area contributed by atoms with E-state index >= 15 is 0 Å². The average Bonchev–Trinajstić information content (AvgIpc) is 3.19. The molecule has 2 heterocycles. The number of hydrogen-bond acceptors (Lipinski definition) is 4. The molecule has 0 aliphatic carbocycles. The van der Waals surface area contributed by atoms with E-state index in [9.17, 15) is 9.18 Å². The van der Waals surface area contributed by atoms with E-state index < -0.39 is 0 Å². The summed E-state index contributed by atoms with van der Waals surface area (Å²) >= 11 is 0. The van der Waals surface area contributed by atoms with Crippen molar-refractivity contribution in [2.75, 3.05) is 31.1 Å². The number of amides is 1. The van der Waals surface area contributed by atoms with Crippen molar-refractivity contribution >= 4 is 11.6 Å². The van der Waals surface area contributed by atoms with Crippen molar-refractivity contribution in [3.05, 3.63) is 71.8 Å². The zero-order chi connectivity index (χ0) is 18.8. The van der Waals surface area contributed by atoms with E-state index in [2.05, 4.69) is 10.3 Å². The molecule has 1 fully saturated rings. The van der Waals surface area contributed by atoms with Gasteiger partial charge in [0.2, 0.25) is 0 Å². The number of hydrogen-bond donors (Lipinski definition) is 0. The smallest absolute Gasteiger partial charge is 0.276 e. The maximum atomic E-state index is 13.9. The molecular formula is C20H20FN5O. The number of piperazine rings is 1. The lowest BCUT2D eigenvalue weighted by atomic mass is 10.2. The molecule has 1 aliphatic rings. The lowest BCUT2D eigenvalue weighted by Gasteiger charge is -2.35. The van der Waals surface area contributed by atoms with Gasteiger partial charge in [-0.15, -0.1) is 5.10 Å². The zero-order valence-corrected chi connectivity index (χ0v) is 15.0. The highest BCUT2D eigenvalue weighted by atomic mass is 19.1. The molecule has 1 aliphatic heterocycles. The number of rotatable bonds is 3. The molecule has 3 aromatic rings. The van der Waals surface area contributed by atoms with Gasteiger partial charge in [0.1, 0.15) is 5.82 Å². The molecule has 0 N–H and O–H groups in total. The van der Waals surface area contributed by atoms with Gasteiger partial charge in [-0.2, -0.15) is 0 Å². The van der Waals surface area contributed by atoms with E-state index in [0.717, 1.165) is 11.3 Å². The first-order chi connectivity index (χ1) is 13.1. The highest BCUT2D eigenvalue weighted by Gasteiger charge is 2.25. The molecule has 1 aromatic heterocycles. The van der Waals surface area contributed by atoms with Crippen LogP contribution in [0.5, 0.6) is 0 Å². The molecule has 27 heavy (non-hydrogen) atoms. The monoisotopic (exact) mass is 365 g/mol. The minimum Gasteiger partial charge on any atom is -0.366 e. The average molecular weight is 365 g/mol. The van der Waals surface area contributed by atoms with Crippen LogP contribution in [0.25, 0.3) is 5.69 Å². The van der Waals surface area contributed by atoms with E-state index in [4.69, 9.17) is 0 Å². The molecule has 138 valence electrons. The van der Waals surface area contributed by atoms with Crippen LogP contribution in [0.4, 0.5) is 10.1 Å². The molecule has 0 radical (unpaired) electrons. The Hall–Kier alpha value is -3.22. The normalized spacial score (nSPS) is 14.4. The van der Waals surface area contributed by atoms with E-state index in [1.165, 1.54) is 6.07 Å². The fourth-order valence-corrected chi connectivity index (χ4v) is 3.21.